The van der Waals surface area contributed by atoms with Crippen LogP contribution in [0.15, 0.2) is 30.5 Å². The minimum absolute atomic E-state index is 0.0729. The van der Waals surface area contributed by atoms with Crippen molar-refractivity contribution in [1.82, 2.24) is 14.7 Å². The number of carbonyl (C=O) groups excluding carboxylic acids is 1. The van der Waals surface area contributed by atoms with Crippen LogP contribution in [-0.2, 0) is 17.8 Å². The maximum atomic E-state index is 13.4. The van der Waals surface area contributed by atoms with Gasteiger partial charge in [-0.3, -0.25) is 9.48 Å². The Labute approximate surface area is 134 Å². The van der Waals surface area contributed by atoms with Gasteiger partial charge in [0.05, 0.1) is 18.5 Å². The average Bonchev–Trinajstić information content (AvgIpc) is 2.97. The Bertz CT molecular complexity index is 714. The van der Waals surface area contributed by atoms with E-state index < -0.39 is 5.82 Å². The Balaban J connectivity index is 1.89. The predicted octanol–water partition coefficient (Wildman–Crippen LogP) is 2.43. The highest BCUT2D eigenvalue weighted by Crippen LogP contribution is 2.29. The van der Waals surface area contributed by atoms with Gasteiger partial charge < -0.3 is 9.64 Å². The lowest BCUT2D eigenvalue weighted by atomic mass is 9.96. The molecule has 2 heterocycles. The van der Waals surface area contributed by atoms with E-state index in [0.29, 0.717) is 25.3 Å². The second-order valence-electron chi connectivity index (χ2n) is 5.72. The van der Waals surface area contributed by atoms with Crippen molar-refractivity contribution in [3.63, 3.8) is 0 Å². The Morgan fingerprint density at radius 1 is 1.48 bits per heavy atom. The number of ether oxygens (including phenoxy) is 1. The summed E-state index contributed by atoms with van der Waals surface area (Å²) >= 11 is 0. The smallest absolute Gasteiger partial charge is 0.254 e. The number of methoxy groups -OCH3 is 1. The molecule has 1 aliphatic heterocycles. The van der Waals surface area contributed by atoms with Crippen LogP contribution in [0.25, 0.3) is 0 Å². The lowest BCUT2D eigenvalue weighted by Crippen LogP contribution is -2.40. The lowest BCUT2D eigenvalue weighted by Gasteiger charge is -2.33. The third-order valence-electron chi connectivity index (χ3n) is 4.17. The summed E-state index contributed by atoms with van der Waals surface area (Å²) < 4.78 is 20.7. The summed E-state index contributed by atoms with van der Waals surface area (Å²) in [5, 5.41) is 4.39. The molecule has 3 rings (SSSR count). The van der Waals surface area contributed by atoms with Crippen molar-refractivity contribution >= 4 is 5.91 Å². The molecule has 1 aliphatic rings. The molecule has 0 aliphatic carbocycles. The normalized spacial score (nSPS) is 17.2. The predicted molar refractivity (Wildman–Crippen MR) is 83.7 cm³/mol. The van der Waals surface area contributed by atoms with Gasteiger partial charge in [-0.25, -0.2) is 4.39 Å². The molecule has 0 spiro atoms. The van der Waals surface area contributed by atoms with Gasteiger partial charge in [0, 0.05) is 43.8 Å². The molecule has 0 unspecified atom stereocenters. The van der Waals surface area contributed by atoms with Crippen molar-refractivity contribution in [1.29, 1.82) is 0 Å². The fourth-order valence-corrected chi connectivity index (χ4v) is 3.19. The summed E-state index contributed by atoms with van der Waals surface area (Å²) in [7, 11) is 1.65. The summed E-state index contributed by atoms with van der Waals surface area (Å²) in [5.74, 6) is -0.495. The molecular weight excluding hydrogens is 297 g/mol. The molecule has 1 aromatic carbocycles. The molecule has 0 bridgehead atoms. The number of nitrogens with zero attached hydrogens (tertiary/aromatic N) is 3. The van der Waals surface area contributed by atoms with Crippen LogP contribution in [0.1, 0.15) is 34.5 Å². The van der Waals surface area contributed by atoms with E-state index in [-0.39, 0.29) is 11.8 Å². The van der Waals surface area contributed by atoms with E-state index in [1.807, 2.05) is 17.8 Å². The summed E-state index contributed by atoms with van der Waals surface area (Å²) in [6, 6.07) is 5.81. The summed E-state index contributed by atoms with van der Waals surface area (Å²) in [6.45, 7) is 4.38. The molecule has 1 amide bonds. The molecule has 0 radical (unpaired) electrons. The zero-order chi connectivity index (χ0) is 16.4. The van der Waals surface area contributed by atoms with Crippen molar-refractivity contribution in [2.75, 3.05) is 20.3 Å². The van der Waals surface area contributed by atoms with E-state index in [4.69, 9.17) is 4.74 Å². The molecule has 6 heteroatoms. The number of amides is 1. The van der Waals surface area contributed by atoms with E-state index in [0.717, 1.165) is 17.8 Å². The molecule has 5 nitrogen and oxygen atoms in total. The maximum Gasteiger partial charge on any atom is 0.254 e. The number of aryl methyl sites for hydroxylation is 1. The lowest BCUT2D eigenvalue weighted by molar-refractivity contribution is 0.0675. The Kier molecular flexibility index (Phi) is 4.43. The van der Waals surface area contributed by atoms with Crippen molar-refractivity contribution < 1.29 is 13.9 Å². The SMILES string of the molecule is CCn1ncc2c1[C@H](COC)CN(C(=O)c1cccc(F)c1)C2. The molecule has 1 atom stereocenters. The van der Waals surface area contributed by atoms with Crippen LogP contribution in [0.4, 0.5) is 4.39 Å². The zero-order valence-corrected chi connectivity index (χ0v) is 13.3. The first-order valence-electron chi connectivity index (χ1n) is 7.72. The second kappa shape index (κ2) is 6.50. The first-order valence-corrected chi connectivity index (χ1v) is 7.72. The third kappa shape index (κ3) is 2.99. The molecule has 122 valence electrons. The number of rotatable bonds is 4. The molecule has 0 saturated heterocycles. The molecule has 0 N–H and O–H groups in total. The molecule has 2 aromatic rings. The number of carbonyl (C=O) groups is 1. The summed E-state index contributed by atoms with van der Waals surface area (Å²) in [5.41, 5.74) is 2.54. The topological polar surface area (TPSA) is 47.4 Å². The van der Waals surface area contributed by atoms with Crippen LogP contribution in [0.2, 0.25) is 0 Å². The number of aromatic nitrogens is 2. The molecule has 0 saturated carbocycles. The number of fused-ring (bicyclic) bond motifs is 1. The highest BCUT2D eigenvalue weighted by molar-refractivity contribution is 5.94. The molecular formula is C17H20FN3O2. The van der Waals surface area contributed by atoms with Crippen LogP contribution in [-0.4, -0.2) is 40.8 Å². The highest BCUT2D eigenvalue weighted by Gasteiger charge is 2.31. The number of hydrogen-bond acceptors (Lipinski definition) is 3. The standard InChI is InChI=1S/C17H20FN3O2/c1-3-21-16-13(8-19-21)9-20(10-14(16)11-23-2)17(22)12-5-4-6-15(18)7-12/h4-8,14H,3,9-11H2,1-2H3/t14-/m0/s1. The Morgan fingerprint density at radius 3 is 3.00 bits per heavy atom. The first-order chi connectivity index (χ1) is 11.1. The summed E-state index contributed by atoms with van der Waals surface area (Å²) in [4.78, 5) is 14.4. The Morgan fingerprint density at radius 2 is 2.30 bits per heavy atom. The van der Waals surface area contributed by atoms with Gasteiger partial charge >= 0.3 is 0 Å². The monoisotopic (exact) mass is 317 g/mol. The van der Waals surface area contributed by atoms with Crippen molar-refractivity contribution in [3.8, 4) is 0 Å². The highest BCUT2D eigenvalue weighted by atomic mass is 19.1. The summed E-state index contributed by atoms with van der Waals surface area (Å²) in [6.07, 6.45) is 1.81. The van der Waals surface area contributed by atoms with Gasteiger partial charge in [-0.1, -0.05) is 6.07 Å². The van der Waals surface area contributed by atoms with E-state index in [2.05, 4.69) is 5.10 Å². The van der Waals surface area contributed by atoms with Crippen LogP contribution in [0.3, 0.4) is 0 Å². The van der Waals surface area contributed by atoms with Gasteiger partial charge in [-0.2, -0.15) is 5.10 Å². The quantitative estimate of drug-likeness (QED) is 0.870. The van der Waals surface area contributed by atoms with E-state index in [1.165, 1.54) is 12.1 Å². The van der Waals surface area contributed by atoms with E-state index in [1.54, 1.807) is 24.1 Å². The van der Waals surface area contributed by atoms with Gasteiger partial charge in [0.1, 0.15) is 5.82 Å². The minimum Gasteiger partial charge on any atom is -0.384 e. The van der Waals surface area contributed by atoms with Crippen molar-refractivity contribution in [3.05, 3.63) is 53.1 Å². The molecule has 0 fully saturated rings. The number of halogens is 1. The van der Waals surface area contributed by atoms with Gasteiger partial charge in [-0.05, 0) is 25.1 Å². The van der Waals surface area contributed by atoms with Crippen molar-refractivity contribution in [2.45, 2.75) is 25.9 Å². The average molecular weight is 317 g/mol. The number of benzene rings is 1. The molecule has 1 aromatic heterocycles. The van der Waals surface area contributed by atoms with Crippen LogP contribution in [0, 0.1) is 5.82 Å². The fraction of sp³-hybridized carbons (Fsp3) is 0.412. The van der Waals surface area contributed by atoms with Gasteiger partial charge in [0.15, 0.2) is 0 Å². The van der Waals surface area contributed by atoms with Gasteiger partial charge in [-0.15, -0.1) is 0 Å². The third-order valence-corrected chi connectivity index (χ3v) is 4.17. The second-order valence-corrected chi connectivity index (χ2v) is 5.72. The van der Waals surface area contributed by atoms with Crippen LogP contribution in [0.5, 0.6) is 0 Å². The minimum atomic E-state index is -0.402. The number of hydrogen-bond donors (Lipinski definition) is 0. The molecule has 23 heavy (non-hydrogen) atoms. The fourth-order valence-electron chi connectivity index (χ4n) is 3.19. The first kappa shape index (κ1) is 15.7. The van der Waals surface area contributed by atoms with Crippen LogP contribution >= 0.6 is 0 Å². The van der Waals surface area contributed by atoms with E-state index in [9.17, 15) is 9.18 Å². The van der Waals surface area contributed by atoms with Crippen LogP contribution < -0.4 is 0 Å². The van der Waals surface area contributed by atoms with E-state index >= 15 is 0 Å². The maximum absolute atomic E-state index is 13.4. The Hall–Kier alpha value is -2.21. The van der Waals surface area contributed by atoms with Gasteiger partial charge in [0.2, 0.25) is 0 Å². The van der Waals surface area contributed by atoms with Crippen molar-refractivity contribution in [2.24, 2.45) is 0 Å². The largest absolute Gasteiger partial charge is 0.384 e. The van der Waals surface area contributed by atoms with Gasteiger partial charge in [0.25, 0.3) is 5.91 Å². The zero-order valence-electron chi connectivity index (χ0n) is 13.3.